The number of nitrogens with zero attached hydrogens (tertiary/aromatic N) is 5. The maximum absolute atomic E-state index is 9.91. The summed E-state index contributed by atoms with van der Waals surface area (Å²) < 4.78 is 58.9. The van der Waals surface area contributed by atoms with Gasteiger partial charge in [0.05, 0.1) is 54.0 Å². The van der Waals surface area contributed by atoms with Gasteiger partial charge in [0.15, 0.2) is 0 Å². The van der Waals surface area contributed by atoms with Gasteiger partial charge in [-0.05, 0) is 263 Å². The van der Waals surface area contributed by atoms with E-state index >= 15 is 0 Å². The van der Waals surface area contributed by atoms with Crippen LogP contribution in [0.1, 0.15) is 60.2 Å². The number of rotatable bonds is 0. The molecule has 0 radical (unpaired) electrons. The normalized spacial score (nSPS) is 12.5. The Hall–Kier alpha value is -20.1. The number of phenols is 14. The van der Waals surface area contributed by atoms with Crippen molar-refractivity contribution in [1.29, 1.82) is 0 Å². The lowest BCUT2D eigenvalue weighted by Gasteiger charge is -2.32. The van der Waals surface area contributed by atoms with Gasteiger partial charge in [-0.25, -0.2) is 24.2 Å². The van der Waals surface area contributed by atoms with Crippen molar-refractivity contribution < 1.29 is 117 Å². The lowest BCUT2D eigenvalue weighted by Crippen LogP contribution is -2.24. The van der Waals surface area contributed by atoms with E-state index in [1.807, 2.05) is 42.5 Å². The first kappa shape index (κ1) is 93.2. The molecule has 0 atom stereocenters. The molecule has 0 fully saturated rings. The molecule has 10 heterocycles. The quantitative estimate of drug-likeness (QED) is 0.0627. The highest BCUT2D eigenvalue weighted by molar-refractivity contribution is 9.10. The molecular formula is C117H76BrN5O24. The van der Waals surface area contributed by atoms with Crippen molar-refractivity contribution >= 4 is 165 Å². The summed E-state index contributed by atoms with van der Waals surface area (Å²) in [7, 11) is 0. The van der Waals surface area contributed by atoms with Crippen molar-refractivity contribution in [3.05, 3.63) is 343 Å². The Bertz CT molecular complexity index is 9780. The van der Waals surface area contributed by atoms with E-state index in [-0.39, 0.29) is 117 Å². The second kappa shape index (κ2) is 36.2. The van der Waals surface area contributed by atoms with Gasteiger partial charge in [0.25, 0.3) is 5.69 Å². The van der Waals surface area contributed by atoms with Gasteiger partial charge >= 0.3 is 0 Å². The smallest absolute Gasteiger partial charge is 0.269 e. The summed E-state index contributed by atoms with van der Waals surface area (Å²) in [5.41, 5.74) is 16.9. The van der Waals surface area contributed by atoms with E-state index in [0.717, 1.165) is 150 Å². The number of fused-ring (bicyclic) bond motifs is 35. The van der Waals surface area contributed by atoms with E-state index in [0.29, 0.717) is 131 Å². The van der Waals surface area contributed by atoms with Crippen LogP contribution in [-0.4, -0.2) is 71.5 Å². The molecule has 0 bridgehead atoms. The minimum Gasteiger partial charge on any atom is -0.519 e. The molecule has 16 aromatic carbocycles. The number of aromatic hydroxyl groups is 14. The maximum Gasteiger partial charge on any atom is 0.269 e. The molecule has 5 aliphatic rings. The molecule has 7 aromatic heterocycles. The fourth-order valence-electron chi connectivity index (χ4n) is 19.5. The lowest BCUT2D eigenvalue weighted by molar-refractivity contribution is 0.298. The third-order valence-electron chi connectivity index (χ3n) is 26.2. The Balaban J connectivity index is 0.000000101. The summed E-state index contributed by atoms with van der Waals surface area (Å²) in [5.74, 6) is 6.91. The maximum atomic E-state index is 9.91. The third kappa shape index (κ3) is 16.3. The van der Waals surface area contributed by atoms with Gasteiger partial charge in [-0.1, -0.05) is 45.5 Å². The molecule has 0 saturated heterocycles. The monoisotopic (exact) mass is 2010 g/mol. The molecule has 0 unspecified atom stereocenters. The van der Waals surface area contributed by atoms with E-state index in [1.54, 1.807) is 164 Å². The molecule has 147 heavy (non-hydrogen) atoms. The van der Waals surface area contributed by atoms with Crippen molar-refractivity contribution in [3.63, 3.8) is 0 Å². The second-order valence-corrected chi connectivity index (χ2v) is 36.6. The summed E-state index contributed by atoms with van der Waals surface area (Å²) >= 11 is 3.39. The Labute approximate surface area is 839 Å². The van der Waals surface area contributed by atoms with Gasteiger partial charge in [0.2, 0.25) is 22.7 Å². The first-order chi connectivity index (χ1) is 70.4. The van der Waals surface area contributed by atoms with Crippen LogP contribution in [0, 0.1) is 32.9 Å². The number of furan rings is 7. The van der Waals surface area contributed by atoms with Crippen LogP contribution < -0.4 is 14.2 Å². The Kier molecular flexibility index (Phi) is 22.9. The van der Waals surface area contributed by atoms with Crippen LogP contribution in [0.15, 0.2) is 278 Å². The van der Waals surface area contributed by atoms with E-state index in [2.05, 4.69) is 54.0 Å². The predicted octanol–water partition coefficient (Wildman–Crippen LogP) is 30.6. The van der Waals surface area contributed by atoms with Gasteiger partial charge in [0.1, 0.15) is 197 Å². The van der Waals surface area contributed by atoms with Crippen LogP contribution in [0.5, 0.6) is 97.7 Å². The number of aryl methyl sites for hydroxylation is 2. The number of hydrogen-bond acceptors (Lipinski definition) is 24. The SMILES string of the molecule is C.Oc1ccc2c(c1)OCc1c-2oc2c(Br)cc(O)cc12.Oc1ccc2c(c1)OCc1c-2oc2ccc(O)cc12.[C-]#[N+]c1c(O)ccc2c1oc1c3ccc(O)cc3ccc21.[C-]#[N+]c1cc(O)cc2c1oc1c3cc(O)ccc3ccc21.[C-]#[N+]c1cc(O)cc2c3c(oc12)-c1cc(O)ccc1CC3.[C-]#[N+]c1cc(O)cc2c3c(oc12)-c1ccc(O)cc1C(C)(C)C3.[C-]#[N+]c1cc(O)cc2c3c(oc12)-c1ccc(O)cc1OC3. The summed E-state index contributed by atoms with van der Waals surface area (Å²) in [6.45, 7) is 41.3. The van der Waals surface area contributed by atoms with Crippen molar-refractivity contribution in [2.75, 3.05) is 0 Å². The van der Waals surface area contributed by atoms with E-state index in [4.69, 9.17) is 78.0 Å². The summed E-state index contributed by atoms with van der Waals surface area (Å²) in [5, 5.41) is 146. The standard InChI is InChI=1S/C19H15NO3.C17H11NO3.2C17H9NO3.C16H9NO4.C15H9BrO4.C15H10O4.CH4/c1-19(2)9-14-13-6-11(22)8-16(20-3)18(13)23-17(14)12-5-4-10(21)7-15(12)19;2*1-18-15-8-11(20)7-14-12-5-3-9-2-4-10(19)6-13(9)16(12)21-17(14)15;1-18-15-14(20)7-6-13-12-4-2-9-8-10(19)3-5-11(9)16(12)21-17(13)15;1-17-13-5-9(19)4-11-12-7-20-14-6-8(18)2-3-10(14)15(12)21-16(11)13;16-12-4-8(18)3-10-11-6-19-13-5-7(17)1-2-9(13)14(11)20-15(10)12;16-8-2-4-13-11(5-8)12-7-18-14-6-9(17)1-3-10(14)15(12)19-13;/h4-8,21-22H,9H2,1-2H3;2,4,6-8,19-20H,3,5H2;2*2-8,19-20H;2-6,18-19H,7H2;1-5,17-18H,6H2;1-6,16-17H,7H2;1H4. The van der Waals surface area contributed by atoms with Crippen molar-refractivity contribution in [2.45, 2.75) is 65.8 Å². The molecule has 2 aliphatic carbocycles. The zero-order chi connectivity index (χ0) is 101. The first-order valence-electron chi connectivity index (χ1n) is 45.0. The third-order valence-corrected chi connectivity index (χ3v) is 26.7. The van der Waals surface area contributed by atoms with Gasteiger partial charge in [-0.3, -0.25) is 0 Å². The van der Waals surface area contributed by atoms with Crippen LogP contribution in [0.25, 0.3) is 201 Å². The Morgan fingerprint density at radius 3 is 1.19 bits per heavy atom. The molecule has 3 aliphatic heterocycles. The van der Waals surface area contributed by atoms with E-state index < -0.39 is 0 Å². The highest BCUT2D eigenvalue weighted by atomic mass is 79.9. The summed E-state index contributed by atoms with van der Waals surface area (Å²) in [6.07, 6.45) is 2.36. The lowest BCUT2D eigenvalue weighted by atomic mass is 9.72. The van der Waals surface area contributed by atoms with Crippen molar-refractivity contribution in [1.82, 2.24) is 0 Å². The molecule has 14 N–H and O–H groups in total. The molecule has 29 nitrogen and oxygen atoms in total. The zero-order valence-corrected chi connectivity index (χ0v) is 77.9. The predicted molar refractivity (Wildman–Crippen MR) is 557 cm³/mol. The van der Waals surface area contributed by atoms with Crippen LogP contribution in [0.3, 0.4) is 0 Å². The number of hydrogen-bond donors (Lipinski definition) is 14. The summed E-state index contributed by atoms with van der Waals surface area (Å²) in [4.78, 5) is 17.0. The van der Waals surface area contributed by atoms with Crippen LogP contribution in [-0.2, 0) is 44.5 Å². The Morgan fingerprint density at radius 2 is 0.633 bits per heavy atom. The van der Waals surface area contributed by atoms with Gasteiger partial charge in [0, 0.05) is 116 Å². The van der Waals surface area contributed by atoms with Crippen LogP contribution in [0.2, 0.25) is 0 Å². The van der Waals surface area contributed by atoms with Gasteiger partial charge in [-0.15, -0.1) is 0 Å². The van der Waals surface area contributed by atoms with Crippen LogP contribution >= 0.6 is 15.9 Å². The van der Waals surface area contributed by atoms with Gasteiger partial charge < -0.3 is 117 Å². The molecule has 0 saturated carbocycles. The topological polar surface area (TPSA) is 425 Å². The first-order valence-corrected chi connectivity index (χ1v) is 45.8. The minimum atomic E-state index is -0.179. The average molecular weight is 2020 g/mol. The molecule has 720 valence electrons. The van der Waals surface area contributed by atoms with Crippen molar-refractivity contribution in [2.24, 2.45) is 0 Å². The molecule has 0 amide bonds. The number of halogens is 1. The molecule has 30 heteroatoms. The molecule has 0 spiro atoms. The van der Waals surface area contributed by atoms with E-state index in [1.165, 1.54) is 36.4 Å². The zero-order valence-electron chi connectivity index (χ0n) is 76.3. The van der Waals surface area contributed by atoms with Gasteiger partial charge in [-0.2, -0.15) is 0 Å². The highest BCUT2D eigenvalue weighted by Gasteiger charge is 2.37. The summed E-state index contributed by atoms with van der Waals surface area (Å²) in [6, 6.07) is 66.5. The second-order valence-electron chi connectivity index (χ2n) is 35.7. The average Bonchev–Trinajstić information content (AvgIpc) is 1.60. The Morgan fingerprint density at radius 1 is 0.265 bits per heavy atom. The van der Waals surface area contributed by atoms with Crippen molar-refractivity contribution in [3.8, 4) is 154 Å². The fraction of sp³-hybridized carbons (Fsp3) is 0.0855. The molecule has 28 rings (SSSR count). The number of phenolic OH excluding ortho intramolecular Hbond substituents is 14. The largest absolute Gasteiger partial charge is 0.519 e. The minimum absolute atomic E-state index is 0. The number of ether oxygens (including phenoxy) is 3. The fourth-order valence-corrected chi connectivity index (χ4v) is 20.1. The van der Waals surface area contributed by atoms with E-state index in [9.17, 15) is 71.5 Å². The molecular weight excluding hydrogens is 1940 g/mol. The number of benzene rings is 16. The highest BCUT2D eigenvalue weighted by Crippen LogP contribution is 2.56. The van der Waals surface area contributed by atoms with Crippen LogP contribution in [0.4, 0.5) is 28.4 Å². The molecule has 23 aromatic rings.